The molecule has 0 aliphatic heterocycles. The number of aryl methyl sites for hydroxylation is 1. The number of ether oxygens (including phenoxy) is 2. The van der Waals surface area contributed by atoms with Gasteiger partial charge < -0.3 is 9.47 Å². The van der Waals surface area contributed by atoms with Gasteiger partial charge in [0, 0.05) is 0 Å². The fourth-order valence-electron chi connectivity index (χ4n) is 4.45. The highest BCUT2D eigenvalue weighted by Gasteiger charge is 2.37. The predicted octanol–water partition coefficient (Wildman–Crippen LogP) is 8.23. The summed E-state index contributed by atoms with van der Waals surface area (Å²) in [5.74, 6) is -3.43. The van der Waals surface area contributed by atoms with Crippen molar-refractivity contribution in [2.75, 3.05) is 0 Å². The molecule has 0 N–H and O–H groups in total. The van der Waals surface area contributed by atoms with E-state index in [1.165, 1.54) is 50.7 Å². The van der Waals surface area contributed by atoms with Gasteiger partial charge in [0.25, 0.3) is 0 Å². The normalized spacial score (nSPS) is 19.0. The maximum Gasteiger partial charge on any atom is 0.426 e. The molecule has 3 rings (SSSR count). The van der Waals surface area contributed by atoms with E-state index in [9.17, 15) is 26.3 Å². The zero-order valence-electron chi connectivity index (χ0n) is 18.4. The standard InChI is InChI=1S/C25H28F6O2/c1-2-3-16-4-6-17(7-5-16)8-9-18-10-12-20(13-11-18)33-25(30,31)19-14-21(26)23(22(27)15-19)32-24(28)29/h10-17,24H,2-9H2,1H3. The predicted molar refractivity (Wildman–Crippen MR) is 113 cm³/mol. The van der Waals surface area contributed by atoms with Gasteiger partial charge in [0.15, 0.2) is 17.4 Å². The molecule has 0 heterocycles. The molecular weight excluding hydrogens is 446 g/mol. The maximum absolute atomic E-state index is 14.4. The molecule has 0 amide bonds. The van der Waals surface area contributed by atoms with Gasteiger partial charge in [-0.1, -0.05) is 57.6 Å². The van der Waals surface area contributed by atoms with Gasteiger partial charge in [-0.05, 0) is 54.5 Å². The summed E-state index contributed by atoms with van der Waals surface area (Å²) in [6, 6.07) is 6.56. The van der Waals surface area contributed by atoms with Crippen molar-refractivity contribution in [1.82, 2.24) is 0 Å². The summed E-state index contributed by atoms with van der Waals surface area (Å²) in [4.78, 5) is 0. The van der Waals surface area contributed by atoms with E-state index < -0.39 is 35.7 Å². The van der Waals surface area contributed by atoms with Gasteiger partial charge in [0.05, 0.1) is 5.56 Å². The largest absolute Gasteiger partial charge is 0.429 e. The Balaban J connectivity index is 1.57. The molecule has 1 fully saturated rings. The van der Waals surface area contributed by atoms with Crippen molar-refractivity contribution < 1.29 is 35.8 Å². The molecular formula is C25H28F6O2. The molecule has 33 heavy (non-hydrogen) atoms. The Labute approximate surface area is 189 Å². The van der Waals surface area contributed by atoms with Gasteiger partial charge in [-0.15, -0.1) is 0 Å². The molecule has 2 nitrogen and oxygen atoms in total. The molecule has 0 aromatic heterocycles. The highest BCUT2D eigenvalue weighted by molar-refractivity contribution is 5.34. The minimum absolute atomic E-state index is 0.183. The van der Waals surface area contributed by atoms with Crippen LogP contribution in [0.2, 0.25) is 0 Å². The minimum Gasteiger partial charge on any atom is -0.429 e. The summed E-state index contributed by atoms with van der Waals surface area (Å²) in [5.41, 5.74) is -0.159. The van der Waals surface area contributed by atoms with Crippen LogP contribution in [0.3, 0.4) is 0 Å². The fourth-order valence-corrected chi connectivity index (χ4v) is 4.45. The molecule has 182 valence electrons. The molecule has 0 saturated heterocycles. The van der Waals surface area contributed by atoms with Crippen LogP contribution < -0.4 is 9.47 Å². The van der Waals surface area contributed by atoms with Crippen LogP contribution in [-0.2, 0) is 12.5 Å². The average Bonchev–Trinajstić information content (AvgIpc) is 2.76. The second kappa shape index (κ2) is 11.2. The van der Waals surface area contributed by atoms with Crippen molar-refractivity contribution in [3.63, 3.8) is 0 Å². The summed E-state index contributed by atoms with van der Waals surface area (Å²) < 4.78 is 89.2. The molecule has 1 saturated carbocycles. The third kappa shape index (κ3) is 7.05. The van der Waals surface area contributed by atoms with Crippen molar-refractivity contribution >= 4 is 0 Å². The van der Waals surface area contributed by atoms with Gasteiger partial charge in [-0.25, -0.2) is 8.78 Å². The second-order valence-corrected chi connectivity index (χ2v) is 8.62. The number of hydrogen-bond acceptors (Lipinski definition) is 2. The Morgan fingerprint density at radius 1 is 0.909 bits per heavy atom. The number of benzene rings is 2. The van der Waals surface area contributed by atoms with Crippen LogP contribution in [0.5, 0.6) is 11.5 Å². The van der Waals surface area contributed by atoms with Crippen molar-refractivity contribution in [3.05, 3.63) is 59.2 Å². The first-order chi connectivity index (χ1) is 15.7. The third-order valence-electron chi connectivity index (χ3n) is 6.22. The van der Waals surface area contributed by atoms with Crippen LogP contribution in [0.15, 0.2) is 36.4 Å². The number of rotatable bonds is 10. The van der Waals surface area contributed by atoms with Crippen LogP contribution in [0.1, 0.15) is 63.0 Å². The van der Waals surface area contributed by atoms with E-state index in [1.807, 2.05) is 0 Å². The Bertz CT molecular complexity index is 869. The number of hydrogen-bond donors (Lipinski definition) is 0. The van der Waals surface area contributed by atoms with E-state index in [2.05, 4.69) is 16.4 Å². The molecule has 1 aliphatic rings. The van der Waals surface area contributed by atoms with Crippen LogP contribution >= 0.6 is 0 Å². The first-order valence-corrected chi connectivity index (χ1v) is 11.3. The van der Waals surface area contributed by atoms with E-state index in [0.717, 1.165) is 24.3 Å². The van der Waals surface area contributed by atoms with Crippen molar-refractivity contribution in [3.8, 4) is 11.5 Å². The zero-order valence-corrected chi connectivity index (χ0v) is 18.4. The van der Waals surface area contributed by atoms with Gasteiger partial charge >= 0.3 is 12.7 Å². The Hall–Kier alpha value is -2.38. The van der Waals surface area contributed by atoms with Crippen molar-refractivity contribution in [2.24, 2.45) is 11.8 Å². The van der Waals surface area contributed by atoms with E-state index >= 15 is 0 Å². The summed E-state index contributed by atoms with van der Waals surface area (Å²) in [7, 11) is 0. The quantitative estimate of drug-likeness (QED) is 0.323. The number of halogens is 6. The molecule has 8 heteroatoms. The van der Waals surface area contributed by atoms with Crippen LogP contribution in [0.4, 0.5) is 26.3 Å². The molecule has 0 bridgehead atoms. The van der Waals surface area contributed by atoms with Crippen molar-refractivity contribution in [2.45, 2.75) is 71.0 Å². The van der Waals surface area contributed by atoms with Gasteiger partial charge in [0.2, 0.25) is 0 Å². The first-order valence-electron chi connectivity index (χ1n) is 11.3. The lowest BCUT2D eigenvalue weighted by atomic mass is 9.78. The molecule has 0 atom stereocenters. The van der Waals surface area contributed by atoms with E-state index in [0.29, 0.717) is 5.92 Å². The molecule has 2 aromatic carbocycles. The van der Waals surface area contributed by atoms with Gasteiger partial charge in [0.1, 0.15) is 5.75 Å². The molecule has 0 unspecified atom stereocenters. The van der Waals surface area contributed by atoms with E-state index in [4.69, 9.17) is 0 Å². The van der Waals surface area contributed by atoms with Crippen LogP contribution in [0, 0.1) is 23.5 Å². The van der Waals surface area contributed by atoms with Gasteiger partial charge in [-0.2, -0.15) is 17.6 Å². The highest BCUT2D eigenvalue weighted by atomic mass is 19.3. The third-order valence-corrected chi connectivity index (χ3v) is 6.22. The summed E-state index contributed by atoms with van der Waals surface area (Å²) >= 11 is 0. The maximum atomic E-state index is 14.4. The lowest BCUT2D eigenvalue weighted by molar-refractivity contribution is -0.185. The minimum atomic E-state index is -4.08. The number of alkyl halides is 4. The highest BCUT2D eigenvalue weighted by Crippen LogP contribution is 2.36. The molecule has 0 spiro atoms. The molecule has 2 aromatic rings. The SMILES string of the molecule is CCCC1CCC(CCc2ccc(OC(F)(F)c3cc(F)c(OC(F)F)c(F)c3)cc2)CC1. The molecule has 1 aliphatic carbocycles. The first kappa shape index (κ1) is 25.2. The topological polar surface area (TPSA) is 18.5 Å². The van der Waals surface area contributed by atoms with Crippen LogP contribution in [0.25, 0.3) is 0 Å². The second-order valence-electron chi connectivity index (χ2n) is 8.62. The smallest absolute Gasteiger partial charge is 0.426 e. The Kier molecular flexibility index (Phi) is 8.54. The van der Waals surface area contributed by atoms with Crippen molar-refractivity contribution in [1.29, 1.82) is 0 Å². The lowest BCUT2D eigenvalue weighted by Gasteiger charge is -2.28. The van der Waals surface area contributed by atoms with Gasteiger partial charge in [-0.3, -0.25) is 0 Å². The zero-order chi connectivity index (χ0) is 24.0. The monoisotopic (exact) mass is 474 g/mol. The van der Waals surface area contributed by atoms with E-state index in [-0.39, 0.29) is 17.9 Å². The van der Waals surface area contributed by atoms with Crippen LogP contribution in [-0.4, -0.2) is 6.61 Å². The van der Waals surface area contributed by atoms with E-state index in [1.54, 1.807) is 12.1 Å². The average molecular weight is 474 g/mol. The lowest BCUT2D eigenvalue weighted by Crippen LogP contribution is -2.22. The fraction of sp³-hybridized carbons (Fsp3) is 0.520. The Morgan fingerprint density at radius 2 is 1.45 bits per heavy atom. The Morgan fingerprint density at radius 3 is 1.97 bits per heavy atom. The molecule has 0 radical (unpaired) electrons. The summed E-state index contributed by atoms with van der Waals surface area (Å²) in [6.07, 6.45) is 5.33. The summed E-state index contributed by atoms with van der Waals surface area (Å²) in [5, 5.41) is 0. The summed E-state index contributed by atoms with van der Waals surface area (Å²) in [6.45, 7) is -1.28.